The molecule has 0 saturated heterocycles. The largest absolute Gasteiger partial charge is 0.417 e. The molecular weight excluding hydrogens is 443 g/mol. The Bertz CT molecular complexity index is 1260. The van der Waals surface area contributed by atoms with Gasteiger partial charge in [-0.2, -0.15) is 13.2 Å². The van der Waals surface area contributed by atoms with Gasteiger partial charge in [-0.3, -0.25) is 0 Å². The molecule has 176 valence electrons. The van der Waals surface area contributed by atoms with E-state index in [4.69, 9.17) is 10.8 Å². The van der Waals surface area contributed by atoms with Crippen LogP contribution in [0.2, 0.25) is 0 Å². The van der Waals surface area contributed by atoms with E-state index in [-0.39, 0.29) is 0 Å². The Kier molecular flexibility index (Phi) is 5.82. The van der Waals surface area contributed by atoms with E-state index in [1.54, 1.807) is 10.7 Å². The third kappa shape index (κ3) is 4.81. The van der Waals surface area contributed by atoms with E-state index in [0.29, 0.717) is 23.6 Å². The lowest BCUT2D eigenvalue weighted by molar-refractivity contribution is -0.137. The molecule has 0 amide bonds. The first-order chi connectivity index (χ1) is 16.3. The summed E-state index contributed by atoms with van der Waals surface area (Å²) < 4.78 is 39.9. The van der Waals surface area contributed by atoms with Gasteiger partial charge in [0.25, 0.3) is 0 Å². The number of hydrogen-bond acceptors (Lipinski definition) is 6. The topological polar surface area (TPSA) is 93.2 Å². The Morgan fingerprint density at radius 2 is 1.59 bits per heavy atom. The van der Waals surface area contributed by atoms with E-state index in [1.165, 1.54) is 6.07 Å². The predicted octanol–water partition coefficient (Wildman–Crippen LogP) is 5.24. The maximum Gasteiger partial charge on any atom is 0.417 e. The van der Waals surface area contributed by atoms with E-state index < -0.39 is 11.7 Å². The molecule has 0 aliphatic heterocycles. The molecule has 1 fully saturated rings. The molecule has 7 nitrogen and oxygen atoms in total. The van der Waals surface area contributed by atoms with Crippen LogP contribution in [0.5, 0.6) is 0 Å². The maximum atomic E-state index is 12.7. The molecule has 3 aromatic heterocycles. The summed E-state index contributed by atoms with van der Waals surface area (Å²) in [5.74, 6) is 1.12. The van der Waals surface area contributed by atoms with Gasteiger partial charge in [-0.25, -0.2) is 14.5 Å². The van der Waals surface area contributed by atoms with Crippen molar-refractivity contribution in [1.82, 2.24) is 19.6 Å². The van der Waals surface area contributed by atoms with Gasteiger partial charge in [-0.1, -0.05) is 12.1 Å². The van der Waals surface area contributed by atoms with Crippen LogP contribution < -0.4 is 16.4 Å². The molecule has 1 aliphatic carbocycles. The second kappa shape index (κ2) is 8.94. The molecule has 34 heavy (non-hydrogen) atoms. The standard InChI is InChI=1S/C24H24F3N7/c25-24(26,27)16-3-10-21(29-13-16)31-18-6-1-15(2-7-18)20-14-30-23-12-11-22(33-34(20)23)32-19-8-4-17(28)5-9-19/h1-3,6-7,10-14,17,19H,4-5,8-9,28H2,(H,29,31)(H,32,33). The molecule has 1 aromatic carbocycles. The molecule has 0 atom stereocenters. The van der Waals surface area contributed by atoms with Crippen molar-refractivity contribution in [3.05, 3.63) is 66.5 Å². The zero-order valence-corrected chi connectivity index (χ0v) is 18.3. The quantitative estimate of drug-likeness (QED) is 0.372. The summed E-state index contributed by atoms with van der Waals surface area (Å²) in [7, 11) is 0. The van der Waals surface area contributed by atoms with Gasteiger partial charge in [0, 0.05) is 29.5 Å². The average molecular weight is 467 g/mol. The third-order valence-corrected chi connectivity index (χ3v) is 6.03. The van der Waals surface area contributed by atoms with Crippen LogP contribution in [0.1, 0.15) is 31.2 Å². The van der Waals surface area contributed by atoms with Crippen molar-refractivity contribution in [3.63, 3.8) is 0 Å². The van der Waals surface area contributed by atoms with Gasteiger partial charge in [0.05, 0.1) is 17.5 Å². The SMILES string of the molecule is NC1CCC(Nc2ccc3ncc(-c4ccc(Nc5ccc(C(F)(F)F)cn5)cc4)n3n2)CC1. The number of halogens is 3. The van der Waals surface area contributed by atoms with Crippen molar-refractivity contribution in [2.75, 3.05) is 10.6 Å². The van der Waals surface area contributed by atoms with Crippen LogP contribution in [0.4, 0.5) is 30.5 Å². The Balaban J connectivity index is 1.31. The van der Waals surface area contributed by atoms with E-state index in [0.717, 1.165) is 60.7 Å². The highest BCUT2D eigenvalue weighted by Crippen LogP contribution is 2.30. The number of rotatable bonds is 5. The number of aromatic nitrogens is 4. The van der Waals surface area contributed by atoms with Crippen LogP contribution in [0.15, 0.2) is 60.9 Å². The molecular formula is C24H24F3N7. The number of fused-ring (bicyclic) bond motifs is 1. The second-order valence-corrected chi connectivity index (χ2v) is 8.52. The fourth-order valence-corrected chi connectivity index (χ4v) is 4.13. The molecule has 5 rings (SSSR count). The van der Waals surface area contributed by atoms with E-state index in [1.807, 2.05) is 36.4 Å². The molecule has 0 unspecified atom stereocenters. The zero-order chi connectivity index (χ0) is 23.7. The molecule has 3 heterocycles. The van der Waals surface area contributed by atoms with Crippen molar-refractivity contribution in [3.8, 4) is 11.3 Å². The van der Waals surface area contributed by atoms with E-state index in [2.05, 4.69) is 20.6 Å². The predicted molar refractivity (Wildman–Crippen MR) is 125 cm³/mol. The Hall–Kier alpha value is -3.66. The summed E-state index contributed by atoms with van der Waals surface area (Å²) in [5.41, 5.74) is 8.41. The van der Waals surface area contributed by atoms with Crippen molar-refractivity contribution in [1.29, 1.82) is 0 Å². The maximum absolute atomic E-state index is 12.7. The first kappa shape index (κ1) is 22.1. The van der Waals surface area contributed by atoms with E-state index in [9.17, 15) is 13.2 Å². The molecule has 10 heteroatoms. The van der Waals surface area contributed by atoms with Gasteiger partial charge in [0.1, 0.15) is 11.6 Å². The summed E-state index contributed by atoms with van der Waals surface area (Å²) >= 11 is 0. The zero-order valence-electron chi connectivity index (χ0n) is 18.3. The summed E-state index contributed by atoms with van der Waals surface area (Å²) in [6.07, 6.45) is 2.26. The van der Waals surface area contributed by atoms with Gasteiger partial charge in [0.2, 0.25) is 0 Å². The summed E-state index contributed by atoms with van der Waals surface area (Å²) in [5, 5.41) is 11.3. The lowest BCUT2D eigenvalue weighted by Gasteiger charge is -2.27. The monoisotopic (exact) mass is 467 g/mol. The molecule has 0 spiro atoms. The number of nitrogens with one attached hydrogen (secondary N) is 2. The number of imidazole rings is 1. The van der Waals surface area contributed by atoms with Gasteiger partial charge in [-0.15, -0.1) is 5.10 Å². The average Bonchev–Trinajstić information content (AvgIpc) is 3.24. The first-order valence-corrected chi connectivity index (χ1v) is 11.1. The highest BCUT2D eigenvalue weighted by Gasteiger charge is 2.30. The van der Waals surface area contributed by atoms with Gasteiger partial charge in [0.15, 0.2) is 5.65 Å². The van der Waals surface area contributed by atoms with Crippen LogP contribution in [0.25, 0.3) is 16.9 Å². The Labute approximate surface area is 194 Å². The van der Waals surface area contributed by atoms with Crippen molar-refractivity contribution < 1.29 is 13.2 Å². The number of hydrogen-bond donors (Lipinski definition) is 3. The smallest absolute Gasteiger partial charge is 0.366 e. The summed E-state index contributed by atoms with van der Waals surface area (Å²) in [6, 6.07) is 14.3. The van der Waals surface area contributed by atoms with Crippen LogP contribution in [0.3, 0.4) is 0 Å². The second-order valence-electron chi connectivity index (χ2n) is 8.52. The number of anilines is 3. The van der Waals surface area contributed by atoms with Gasteiger partial charge < -0.3 is 16.4 Å². The molecule has 1 aliphatic rings. The number of benzene rings is 1. The third-order valence-electron chi connectivity index (χ3n) is 6.03. The minimum atomic E-state index is -4.41. The van der Waals surface area contributed by atoms with Crippen LogP contribution >= 0.6 is 0 Å². The van der Waals surface area contributed by atoms with E-state index >= 15 is 0 Å². The number of nitrogens with zero attached hydrogens (tertiary/aromatic N) is 4. The number of alkyl halides is 3. The van der Waals surface area contributed by atoms with Crippen molar-refractivity contribution >= 4 is 23.0 Å². The van der Waals surface area contributed by atoms with Crippen LogP contribution in [-0.4, -0.2) is 31.7 Å². The Morgan fingerprint density at radius 1 is 0.853 bits per heavy atom. The van der Waals surface area contributed by atoms with Gasteiger partial charge >= 0.3 is 6.18 Å². The highest BCUT2D eigenvalue weighted by atomic mass is 19.4. The first-order valence-electron chi connectivity index (χ1n) is 11.1. The molecule has 4 N–H and O–H groups in total. The minimum absolute atomic E-state index is 0.293. The lowest BCUT2D eigenvalue weighted by atomic mass is 9.92. The summed E-state index contributed by atoms with van der Waals surface area (Å²) in [6.45, 7) is 0. The number of pyridine rings is 1. The fraction of sp³-hybridized carbons (Fsp3) is 0.292. The van der Waals surface area contributed by atoms with Crippen molar-refractivity contribution in [2.24, 2.45) is 5.73 Å². The van der Waals surface area contributed by atoms with Gasteiger partial charge in [-0.05, 0) is 62.1 Å². The number of nitrogens with two attached hydrogens (primary N) is 1. The van der Waals surface area contributed by atoms with Crippen LogP contribution in [0, 0.1) is 0 Å². The molecule has 4 aromatic rings. The molecule has 0 radical (unpaired) electrons. The van der Waals surface area contributed by atoms with Crippen LogP contribution in [-0.2, 0) is 6.18 Å². The van der Waals surface area contributed by atoms with Crippen molar-refractivity contribution in [2.45, 2.75) is 43.9 Å². The normalized spacial score (nSPS) is 18.7. The minimum Gasteiger partial charge on any atom is -0.366 e. The highest BCUT2D eigenvalue weighted by molar-refractivity contribution is 5.67. The summed E-state index contributed by atoms with van der Waals surface area (Å²) in [4.78, 5) is 8.30. The molecule has 0 bridgehead atoms. The lowest BCUT2D eigenvalue weighted by Crippen LogP contribution is -2.33. The molecule has 1 saturated carbocycles. The Morgan fingerprint density at radius 3 is 2.26 bits per heavy atom. The fourth-order valence-electron chi connectivity index (χ4n) is 4.13.